The van der Waals surface area contributed by atoms with Crippen LogP contribution in [0.25, 0.3) is 0 Å². The maximum atomic E-state index is 13.4. The average Bonchev–Trinajstić information content (AvgIpc) is 3.32. The van der Waals surface area contributed by atoms with Gasteiger partial charge in [0, 0.05) is 18.8 Å². The Morgan fingerprint density at radius 1 is 1.19 bits per heavy atom. The van der Waals surface area contributed by atoms with E-state index in [9.17, 15) is 8.78 Å². The molecule has 1 aliphatic carbocycles. The molecule has 3 nitrogen and oxygen atoms in total. The summed E-state index contributed by atoms with van der Waals surface area (Å²) < 4.78 is 31.7. The number of nitrogens with zero attached hydrogens (tertiary/aromatic N) is 1. The van der Waals surface area contributed by atoms with Gasteiger partial charge in [0.25, 0.3) is 0 Å². The van der Waals surface area contributed by atoms with Crippen LogP contribution >= 0.6 is 0 Å². The van der Waals surface area contributed by atoms with Gasteiger partial charge in [0.05, 0.1) is 5.69 Å². The van der Waals surface area contributed by atoms with Crippen molar-refractivity contribution in [1.29, 1.82) is 0 Å². The molecule has 21 heavy (non-hydrogen) atoms. The molecule has 0 aliphatic heterocycles. The largest absolute Gasteiger partial charge is 0.484 e. The summed E-state index contributed by atoms with van der Waals surface area (Å²) >= 11 is 0. The van der Waals surface area contributed by atoms with Crippen LogP contribution in [0.2, 0.25) is 0 Å². The van der Waals surface area contributed by atoms with Crippen LogP contribution in [0.15, 0.2) is 36.5 Å². The van der Waals surface area contributed by atoms with Crippen molar-refractivity contribution in [3.8, 4) is 5.75 Å². The summed E-state index contributed by atoms with van der Waals surface area (Å²) in [6.45, 7) is 0.911. The molecule has 0 amide bonds. The average molecular weight is 290 g/mol. The first-order chi connectivity index (χ1) is 10.2. The van der Waals surface area contributed by atoms with Crippen LogP contribution in [0.1, 0.15) is 24.1 Å². The van der Waals surface area contributed by atoms with E-state index in [-0.39, 0.29) is 12.4 Å². The van der Waals surface area contributed by atoms with Crippen molar-refractivity contribution in [1.82, 2.24) is 10.3 Å². The number of aromatic nitrogens is 1. The molecule has 0 unspecified atom stereocenters. The van der Waals surface area contributed by atoms with Gasteiger partial charge >= 0.3 is 0 Å². The summed E-state index contributed by atoms with van der Waals surface area (Å²) in [5.74, 6) is -1.99. The van der Waals surface area contributed by atoms with Crippen LogP contribution in [-0.4, -0.2) is 11.0 Å². The van der Waals surface area contributed by atoms with E-state index in [2.05, 4.69) is 10.3 Å². The van der Waals surface area contributed by atoms with E-state index in [1.165, 1.54) is 25.0 Å². The van der Waals surface area contributed by atoms with Gasteiger partial charge in [-0.25, -0.2) is 4.39 Å². The number of hydrogen-bond acceptors (Lipinski definition) is 3. The molecule has 0 spiro atoms. The zero-order valence-electron chi connectivity index (χ0n) is 11.5. The van der Waals surface area contributed by atoms with Crippen LogP contribution in [-0.2, 0) is 13.2 Å². The SMILES string of the molecule is Fc1cccc(OCc2ccc(CNC3CC3)cn2)c1F. The van der Waals surface area contributed by atoms with Crippen molar-refractivity contribution in [2.75, 3.05) is 0 Å². The predicted molar refractivity (Wildman–Crippen MR) is 74.8 cm³/mol. The first-order valence-electron chi connectivity index (χ1n) is 6.96. The molecular weight excluding hydrogens is 274 g/mol. The Hall–Kier alpha value is -2.01. The lowest BCUT2D eigenvalue weighted by Gasteiger charge is -2.08. The third-order valence-corrected chi connectivity index (χ3v) is 3.35. The predicted octanol–water partition coefficient (Wildman–Crippen LogP) is 3.19. The molecule has 1 aromatic heterocycles. The first kappa shape index (κ1) is 13.9. The van der Waals surface area contributed by atoms with Gasteiger partial charge in [0.2, 0.25) is 5.82 Å². The van der Waals surface area contributed by atoms with E-state index in [4.69, 9.17) is 4.74 Å². The molecule has 2 aromatic rings. The molecule has 1 aliphatic rings. The standard InChI is InChI=1S/C16H16F2N2O/c17-14-2-1-3-15(16(14)18)21-10-13-5-4-11(9-20-13)8-19-12-6-7-12/h1-5,9,12,19H,6-8,10H2. The van der Waals surface area contributed by atoms with Crippen LogP contribution in [0.3, 0.4) is 0 Å². The van der Waals surface area contributed by atoms with E-state index >= 15 is 0 Å². The maximum Gasteiger partial charge on any atom is 0.200 e. The van der Waals surface area contributed by atoms with E-state index in [0.29, 0.717) is 11.7 Å². The Bertz CT molecular complexity index is 612. The Balaban J connectivity index is 1.56. The molecule has 0 radical (unpaired) electrons. The summed E-state index contributed by atoms with van der Waals surface area (Å²) in [5.41, 5.74) is 1.77. The smallest absolute Gasteiger partial charge is 0.200 e. The zero-order chi connectivity index (χ0) is 14.7. The highest BCUT2D eigenvalue weighted by molar-refractivity contribution is 5.25. The fourth-order valence-corrected chi connectivity index (χ4v) is 1.94. The summed E-state index contributed by atoms with van der Waals surface area (Å²) in [6.07, 6.45) is 4.27. The highest BCUT2D eigenvalue weighted by atomic mass is 19.2. The van der Waals surface area contributed by atoms with Gasteiger partial charge in [-0.15, -0.1) is 0 Å². The highest BCUT2D eigenvalue weighted by Crippen LogP contribution is 2.20. The second kappa shape index (κ2) is 6.18. The van der Waals surface area contributed by atoms with Crippen LogP contribution in [0, 0.1) is 11.6 Å². The summed E-state index contributed by atoms with van der Waals surface area (Å²) in [5, 5.41) is 3.40. The summed E-state index contributed by atoms with van der Waals surface area (Å²) in [7, 11) is 0. The van der Waals surface area contributed by atoms with Gasteiger partial charge in [0.1, 0.15) is 6.61 Å². The molecule has 3 rings (SSSR count). The lowest BCUT2D eigenvalue weighted by atomic mass is 10.2. The zero-order valence-corrected chi connectivity index (χ0v) is 11.5. The van der Waals surface area contributed by atoms with Crippen molar-refractivity contribution in [3.63, 3.8) is 0 Å². The van der Waals surface area contributed by atoms with Gasteiger partial charge in [0.15, 0.2) is 11.6 Å². The number of halogens is 2. The number of rotatable bonds is 6. The van der Waals surface area contributed by atoms with Crippen molar-refractivity contribution in [3.05, 3.63) is 59.4 Å². The number of nitrogens with one attached hydrogen (secondary N) is 1. The second-order valence-electron chi connectivity index (χ2n) is 5.15. The Morgan fingerprint density at radius 2 is 2.05 bits per heavy atom. The summed E-state index contributed by atoms with van der Waals surface area (Å²) in [6, 6.07) is 8.32. The molecule has 0 atom stereocenters. The van der Waals surface area contributed by atoms with Gasteiger partial charge in [-0.1, -0.05) is 12.1 Å². The van der Waals surface area contributed by atoms with E-state index in [1.807, 2.05) is 12.1 Å². The molecule has 1 fully saturated rings. The van der Waals surface area contributed by atoms with E-state index < -0.39 is 11.6 Å². The fraction of sp³-hybridized carbons (Fsp3) is 0.312. The number of hydrogen-bond donors (Lipinski definition) is 1. The molecule has 1 N–H and O–H groups in total. The van der Waals surface area contributed by atoms with E-state index in [0.717, 1.165) is 18.2 Å². The van der Waals surface area contributed by atoms with Crippen molar-refractivity contribution in [2.24, 2.45) is 0 Å². The van der Waals surface area contributed by atoms with Crippen LogP contribution < -0.4 is 10.1 Å². The minimum absolute atomic E-state index is 0.101. The Morgan fingerprint density at radius 3 is 2.76 bits per heavy atom. The Kier molecular flexibility index (Phi) is 4.10. The molecule has 1 saturated carbocycles. The topological polar surface area (TPSA) is 34.1 Å². The van der Waals surface area contributed by atoms with Gasteiger partial charge in [-0.05, 0) is 36.6 Å². The lowest BCUT2D eigenvalue weighted by molar-refractivity contribution is 0.280. The summed E-state index contributed by atoms with van der Waals surface area (Å²) in [4.78, 5) is 4.26. The molecule has 0 saturated heterocycles. The minimum atomic E-state index is -0.970. The quantitative estimate of drug-likeness (QED) is 0.887. The van der Waals surface area contributed by atoms with Crippen molar-refractivity contribution >= 4 is 0 Å². The third kappa shape index (κ3) is 3.76. The van der Waals surface area contributed by atoms with Crippen LogP contribution in [0.4, 0.5) is 8.78 Å². The normalized spacial score (nSPS) is 14.2. The van der Waals surface area contributed by atoms with E-state index in [1.54, 1.807) is 6.20 Å². The highest BCUT2D eigenvalue weighted by Gasteiger charge is 2.19. The molecule has 110 valence electrons. The van der Waals surface area contributed by atoms with Crippen LogP contribution in [0.5, 0.6) is 5.75 Å². The van der Waals surface area contributed by atoms with Gasteiger partial charge in [-0.2, -0.15) is 4.39 Å². The number of ether oxygens (including phenoxy) is 1. The van der Waals surface area contributed by atoms with Crippen molar-refractivity contribution in [2.45, 2.75) is 32.0 Å². The monoisotopic (exact) mass is 290 g/mol. The molecule has 1 aromatic carbocycles. The molecule has 1 heterocycles. The lowest BCUT2D eigenvalue weighted by Crippen LogP contribution is -2.15. The number of pyridine rings is 1. The van der Waals surface area contributed by atoms with Gasteiger partial charge < -0.3 is 10.1 Å². The minimum Gasteiger partial charge on any atom is -0.484 e. The molecule has 5 heteroatoms. The number of benzene rings is 1. The Labute approximate surface area is 122 Å². The van der Waals surface area contributed by atoms with Crippen molar-refractivity contribution < 1.29 is 13.5 Å². The first-order valence-corrected chi connectivity index (χ1v) is 6.96. The third-order valence-electron chi connectivity index (χ3n) is 3.35. The van der Waals surface area contributed by atoms with Gasteiger partial charge in [-0.3, -0.25) is 4.98 Å². The fourth-order valence-electron chi connectivity index (χ4n) is 1.94. The maximum absolute atomic E-state index is 13.4. The molecule has 0 bridgehead atoms. The second-order valence-corrected chi connectivity index (χ2v) is 5.15. The molecular formula is C16H16F2N2O.